The molecule has 5 saturated heterocycles. The zero-order valence-electron chi connectivity index (χ0n) is 52.4. The molecule has 0 spiro atoms. The molecule has 5 heterocycles. The summed E-state index contributed by atoms with van der Waals surface area (Å²) in [7, 11) is 0. The van der Waals surface area contributed by atoms with Gasteiger partial charge in [0.2, 0.25) is 0 Å². The van der Waals surface area contributed by atoms with Crippen molar-refractivity contribution in [3.8, 4) is 0 Å². The maximum absolute atomic E-state index is 12.8. The molecule has 4 aliphatic carbocycles. The smallest absolute Gasteiger partial charge is 0.187 e. The van der Waals surface area contributed by atoms with Crippen LogP contribution in [-0.2, 0) is 47.4 Å². The standard InChI is InChI=1S/C61H104O28/c1-10-28-37(65)42(70)47(75)52(82-28)80-23-32-41(69)46(74)51(89-55-50(78)44(72)39(67)30(21-63)84-55)56(86-32)88-36(58(5,6)79)15-11-24(2)25-17-18-59(7)33-14-12-26-27(61(33,9)34(64)19-60(25,59)8)13-16-35(57(26,3)4)87-54-49(77)45(73)40(68)31(85-54)22-81-53-48(76)43(71)38(66)29(20-62)83-53/h12,24-25,27-56,62-79H,10-11,13-23H2,1-9H3/t24-,25?,27?,28-,29-,30-,31-,32-,33?,34-,35+,36-,37-,38-,39-,40-,41-,42+,43+,44+,45+,46+,47-,48-,49-,50-,51-,52+,53?,54+,55+,56+,59+,60-,61+/m1/s1. The summed E-state index contributed by atoms with van der Waals surface area (Å²) >= 11 is 0. The number of hydrogen-bond acceptors (Lipinski definition) is 28. The van der Waals surface area contributed by atoms with Crippen LogP contribution in [-0.4, -0.2) is 296 Å². The van der Waals surface area contributed by atoms with E-state index in [1.165, 1.54) is 13.8 Å². The number of aliphatic hydroxyl groups is 18. The second kappa shape index (κ2) is 27.6. The van der Waals surface area contributed by atoms with E-state index in [-0.39, 0.29) is 47.3 Å². The average Bonchev–Trinajstić information content (AvgIpc) is 1.66. The lowest BCUT2D eigenvalue weighted by Crippen LogP contribution is -2.65. The second-order valence-electron chi connectivity index (χ2n) is 28.9. The van der Waals surface area contributed by atoms with E-state index >= 15 is 0 Å². The highest BCUT2D eigenvalue weighted by molar-refractivity contribution is 5.32. The molecule has 28 heteroatoms. The fourth-order valence-electron chi connectivity index (χ4n) is 17.2. The van der Waals surface area contributed by atoms with Gasteiger partial charge in [0.1, 0.15) is 116 Å². The summed E-state index contributed by atoms with van der Waals surface area (Å²) in [6.07, 6.45) is -35.5. The van der Waals surface area contributed by atoms with Gasteiger partial charge in [0, 0.05) is 10.8 Å². The topological polar surface area (TPSA) is 456 Å². The van der Waals surface area contributed by atoms with Crippen LogP contribution in [0.25, 0.3) is 0 Å². The van der Waals surface area contributed by atoms with Crippen LogP contribution in [0.15, 0.2) is 11.6 Å². The van der Waals surface area contributed by atoms with E-state index in [2.05, 4.69) is 33.8 Å². The molecule has 9 aliphatic rings. The molecule has 0 aromatic heterocycles. The van der Waals surface area contributed by atoms with Crippen molar-refractivity contribution in [2.75, 3.05) is 26.4 Å². The van der Waals surface area contributed by atoms with Crippen molar-refractivity contribution in [3.63, 3.8) is 0 Å². The summed E-state index contributed by atoms with van der Waals surface area (Å²) in [5, 5.41) is 196. The number of rotatable bonds is 20. The normalized spacial score (nSPS) is 51.8. The van der Waals surface area contributed by atoms with E-state index in [1.54, 1.807) is 6.92 Å². The molecule has 18 N–H and O–H groups in total. The van der Waals surface area contributed by atoms with E-state index in [9.17, 15) is 91.9 Å². The first-order chi connectivity index (χ1) is 41.6. The molecule has 5 aliphatic heterocycles. The van der Waals surface area contributed by atoms with Crippen LogP contribution in [0.4, 0.5) is 0 Å². The predicted molar refractivity (Wildman–Crippen MR) is 303 cm³/mol. The van der Waals surface area contributed by atoms with Gasteiger partial charge in [-0.05, 0) is 106 Å². The second-order valence-corrected chi connectivity index (χ2v) is 28.9. The summed E-state index contributed by atoms with van der Waals surface area (Å²) in [4.78, 5) is 0. The van der Waals surface area contributed by atoms with Gasteiger partial charge in [0.25, 0.3) is 0 Å². The van der Waals surface area contributed by atoms with Crippen LogP contribution in [0.5, 0.6) is 0 Å². The highest BCUT2D eigenvalue weighted by Crippen LogP contribution is 2.75. The van der Waals surface area contributed by atoms with Gasteiger partial charge >= 0.3 is 0 Å². The molecule has 28 nitrogen and oxygen atoms in total. The minimum Gasteiger partial charge on any atom is -0.394 e. The van der Waals surface area contributed by atoms with Crippen molar-refractivity contribution in [1.29, 1.82) is 0 Å². The quantitative estimate of drug-likeness (QED) is 0.0517. The molecule has 0 bridgehead atoms. The van der Waals surface area contributed by atoms with Gasteiger partial charge in [-0.3, -0.25) is 0 Å². The summed E-state index contributed by atoms with van der Waals surface area (Å²) in [6, 6.07) is 0. The van der Waals surface area contributed by atoms with Crippen molar-refractivity contribution >= 4 is 0 Å². The molecule has 8 fully saturated rings. The molecular weight excluding hydrogens is 1180 g/mol. The Balaban J connectivity index is 0.883. The van der Waals surface area contributed by atoms with Gasteiger partial charge in [-0.25, -0.2) is 0 Å². The third-order valence-corrected chi connectivity index (χ3v) is 23.1. The third-order valence-electron chi connectivity index (χ3n) is 23.1. The number of ether oxygens (including phenoxy) is 10. The van der Waals surface area contributed by atoms with E-state index < -0.39 is 215 Å². The first-order valence-electron chi connectivity index (χ1n) is 31.9. The molecule has 0 amide bonds. The van der Waals surface area contributed by atoms with E-state index in [1.807, 2.05) is 13.8 Å². The third kappa shape index (κ3) is 13.1. The molecule has 0 aromatic rings. The molecular formula is C61H104O28. The lowest BCUT2D eigenvalue weighted by molar-refractivity contribution is -0.380. The molecule has 3 saturated carbocycles. The fourth-order valence-corrected chi connectivity index (χ4v) is 17.2. The Labute approximate surface area is 518 Å². The van der Waals surface area contributed by atoms with E-state index in [0.717, 1.165) is 18.4 Å². The van der Waals surface area contributed by atoms with Crippen LogP contribution < -0.4 is 0 Å². The maximum atomic E-state index is 12.8. The summed E-state index contributed by atoms with van der Waals surface area (Å²) < 4.78 is 59.9. The van der Waals surface area contributed by atoms with Gasteiger partial charge < -0.3 is 139 Å². The monoisotopic (exact) mass is 1280 g/mol. The van der Waals surface area contributed by atoms with Gasteiger partial charge in [-0.2, -0.15) is 0 Å². The van der Waals surface area contributed by atoms with Gasteiger partial charge in [0.05, 0.1) is 56.4 Å². The Morgan fingerprint density at radius 1 is 0.539 bits per heavy atom. The van der Waals surface area contributed by atoms with Crippen LogP contribution >= 0.6 is 0 Å². The van der Waals surface area contributed by atoms with E-state index in [0.29, 0.717) is 32.1 Å². The average molecular weight is 1290 g/mol. The summed E-state index contributed by atoms with van der Waals surface area (Å²) in [5.41, 5.74) is -2.41. The molecule has 4 unspecified atom stereocenters. The molecule has 89 heavy (non-hydrogen) atoms. The first kappa shape index (κ1) is 71.9. The van der Waals surface area contributed by atoms with Crippen molar-refractivity contribution < 1.29 is 139 Å². The van der Waals surface area contributed by atoms with Crippen LogP contribution in [0.3, 0.4) is 0 Å². The van der Waals surface area contributed by atoms with Gasteiger partial charge in [-0.1, -0.05) is 60.1 Å². The van der Waals surface area contributed by atoms with Crippen molar-refractivity contribution in [1.82, 2.24) is 0 Å². The number of hydrogen-bond donors (Lipinski definition) is 18. The number of aliphatic hydroxyl groups excluding tert-OH is 17. The number of allylic oxidation sites excluding steroid dienone is 1. The Morgan fingerprint density at radius 3 is 1.53 bits per heavy atom. The van der Waals surface area contributed by atoms with Crippen molar-refractivity contribution in [2.45, 2.75) is 298 Å². The Bertz CT molecular complexity index is 2340. The Kier molecular flexibility index (Phi) is 22.3. The van der Waals surface area contributed by atoms with Crippen LogP contribution in [0.2, 0.25) is 0 Å². The SMILES string of the molecule is CC[C@H]1O[C@H](OC[C@H]2O[C@@H](O[C@H](CC[C@@H](C)C3CC[C@@]4(C)C5CC=C6C(CC[C@H](O[C@@H]7O[C@H](COC8O[C@H](CO)[C@@H](O)[C@H](O)[C@H]8O)[C@@H](O)[C@H](O)[C@H]7O)C6(C)C)[C@]5(C)[C@H](O)C[C@]34C)C(C)(C)O)[C@H](O[C@@H]3O[C@H](CO)[C@@H](O)[C@H](O)[C@H]3O)[C@@H](O)[C@@H]2O)[C@H](O)[C@@H](O)[C@@H]1O. The Morgan fingerprint density at radius 2 is 1.00 bits per heavy atom. The zero-order chi connectivity index (χ0) is 65.5. The van der Waals surface area contributed by atoms with Crippen LogP contribution in [0, 0.1) is 45.3 Å². The molecule has 0 radical (unpaired) electrons. The minimum atomic E-state index is -1.93. The highest BCUT2D eigenvalue weighted by Gasteiger charge is 2.70. The minimum absolute atomic E-state index is 0.0198. The first-order valence-corrected chi connectivity index (χ1v) is 31.9. The molecule has 516 valence electrons. The van der Waals surface area contributed by atoms with Crippen LogP contribution in [0.1, 0.15) is 120 Å². The number of fused-ring (bicyclic) bond motifs is 5. The Hall–Kier alpha value is -1.38. The lowest BCUT2D eigenvalue weighted by Gasteiger charge is -2.67. The molecule has 9 rings (SSSR count). The van der Waals surface area contributed by atoms with E-state index in [4.69, 9.17) is 47.4 Å². The van der Waals surface area contributed by atoms with Crippen molar-refractivity contribution in [2.24, 2.45) is 45.3 Å². The highest BCUT2D eigenvalue weighted by atomic mass is 16.8. The molecule has 35 atom stereocenters. The van der Waals surface area contributed by atoms with Gasteiger partial charge in [0.15, 0.2) is 31.5 Å². The lowest BCUT2D eigenvalue weighted by atomic mass is 9.38. The van der Waals surface area contributed by atoms with Gasteiger partial charge in [-0.15, -0.1) is 0 Å². The largest absolute Gasteiger partial charge is 0.394 e. The molecule has 0 aromatic carbocycles. The maximum Gasteiger partial charge on any atom is 0.187 e. The predicted octanol–water partition coefficient (Wildman–Crippen LogP) is -3.99. The summed E-state index contributed by atoms with van der Waals surface area (Å²) in [5.74, 6) is 0.0363. The van der Waals surface area contributed by atoms with Crippen molar-refractivity contribution in [3.05, 3.63) is 11.6 Å². The zero-order valence-corrected chi connectivity index (χ0v) is 52.4. The summed E-state index contributed by atoms with van der Waals surface area (Å²) in [6.45, 7) is 15.2. The fraction of sp³-hybridized carbons (Fsp3) is 0.967.